The van der Waals surface area contributed by atoms with Crippen LogP contribution >= 0.6 is 0 Å². The Morgan fingerprint density at radius 3 is 1.80 bits per heavy atom. The summed E-state index contributed by atoms with van der Waals surface area (Å²) in [6.45, 7) is 5.63. The SMILES string of the molecule is CCCOC([Si])OCCC. The van der Waals surface area contributed by atoms with Gasteiger partial charge in [-0.3, -0.25) is 0 Å². The molecule has 0 aromatic rings. The maximum absolute atomic E-state index is 5.18. The van der Waals surface area contributed by atoms with Gasteiger partial charge in [0.1, 0.15) is 16.2 Å². The van der Waals surface area contributed by atoms with E-state index in [1.807, 2.05) is 0 Å². The molecule has 0 N–H and O–H groups in total. The van der Waals surface area contributed by atoms with E-state index in [2.05, 4.69) is 24.1 Å². The van der Waals surface area contributed by atoms with Crippen molar-refractivity contribution in [3.63, 3.8) is 0 Å². The van der Waals surface area contributed by atoms with Gasteiger partial charge in [0.15, 0.2) is 0 Å². The molecule has 0 spiro atoms. The van der Waals surface area contributed by atoms with Gasteiger partial charge in [0.05, 0.1) is 0 Å². The molecular formula is C7H15O2Si. The van der Waals surface area contributed by atoms with E-state index >= 15 is 0 Å². The Kier molecular flexibility index (Phi) is 7.35. The summed E-state index contributed by atoms with van der Waals surface area (Å²) in [4.78, 5) is 0. The molecule has 0 amide bonds. The minimum absolute atomic E-state index is 0.222. The molecule has 0 atom stereocenters. The molecule has 3 heteroatoms. The highest BCUT2D eigenvalue weighted by atomic mass is 28.1. The third-order valence-electron chi connectivity index (χ3n) is 0.947. The molecule has 0 aromatic carbocycles. The fourth-order valence-corrected chi connectivity index (χ4v) is 0.734. The van der Waals surface area contributed by atoms with Gasteiger partial charge in [-0.25, -0.2) is 0 Å². The van der Waals surface area contributed by atoms with Crippen molar-refractivity contribution >= 4 is 10.2 Å². The van der Waals surface area contributed by atoms with Crippen LogP contribution < -0.4 is 0 Å². The summed E-state index contributed by atoms with van der Waals surface area (Å²) in [6, 6.07) is 0. The van der Waals surface area contributed by atoms with E-state index < -0.39 is 0 Å². The molecule has 3 radical (unpaired) electrons. The molecule has 0 aliphatic heterocycles. The van der Waals surface area contributed by atoms with Crippen molar-refractivity contribution in [2.75, 3.05) is 13.2 Å². The summed E-state index contributed by atoms with van der Waals surface area (Å²) in [5, 5.41) is 0. The van der Waals surface area contributed by atoms with Crippen LogP contribution in [0.25, 0.3) is 0 Å². The van der Waals surface area contributed by atoms with E-state index in [-0.39, 0.29) is 5.91 Å². The van der Waals surface area contributed by atoms with Crippen molar-refractivity contribution < 1.29 is 9.47 Å². The Labute approximate surface area is 66.3 Å². The first-order valence-electron chi connectivity index (χ1n) is 3.75. The lowest BCUT2D eigenvalue weighted by Crippen LogP contribution is -2.17. The van der Waals surface area contributed by atoms with Crippen LogP contribution in [0.5, 0.6) is 0 Å². The van der Waals surface area contributed by atoms with Crippen LogP contribution in [-0.4, -0.2) is 29.4 Å². The Morgan fingerprint density at radius 2 is 1.50 bits per heavy atom. The van der Waals surface area contributed by atoms with Crippen molar-refractivity contribution in [3.05, 3.63) is 0 Å². The topological polar surface area (TPSA) is 18.5 Å². The first-order valence-corrected chi connectivity index (χ1v) is 4.33. The summed E-state index contributed by atoms with van der Waals surface area (Å²) >= 11 is 0. The molecule has 0 saturated heterocycles. The van der Waals surface area contributed by atoms with Gasteiger partial charge in [0.25, 0.3) is 0 Å². The first-order chi connectivity index (χ1) is 4.81. The Balaban J connectivity index is 3.00. The summed E-state index contributed by atoms with van der Waals surface area (Å²) in [5.74, 6) is -0.222. The predicted molar refractivity (Wildman–Crippen MR) is 42.0 cm³/mol. The zero-order valence-corrected chi connectivity index (χ0v) is 7.72. The standard InChI is InChI=1S/C7H15O2Si/c1-3-5-8-7(10)9-6-4-2/h7H,3-6H2,1-2H3. The van der Waals surface area contributed by atoms with Crippen LogP contribution in [0.1, 0.15) is 26.7 Å². The summed E-state index contributed by atoms with van der Waals surface area (Å²) in [7, 11) is 3.28. The molecule has 0 unspecified atom stereocenters. The first kappa shape index (κ1) is 10.1. The van der Waals surface area contributed by atoms with Crippen LogP contribution in [-0.2, 0) is 9.47 Å². The number of rotatable bonds is 6. The minimum Gasteiger partial charge on any atom is -0.357 e. The number of hydrogen-bond donors (Lipinski definition) is 0. The lowest BCUT2D eigenvalue weighted by Gasteiger charge is -2.12. The van der Waals surface area contributed by atoms with Crippen molar-refractivity contribution in [2.45, 2.75) is 32.6 Å². The van der Waals surface area contributed by atoms with Crippen molar-refractivity contribution in [1.82, 2.24) is 0 Å². The maximum atomic E-state index is 5.18. The van der Waals surface area contributed by atoms with Gasteiger partial charge < -0.3 is 9.47 Å². The van der Waals surface area contributed by atoms with Gasteiger partial charge in [-0.2, -0.15) is 0 Å². The molecule has 0 rings (SSSR count). The highest BCUT2D eigenvalue weighted by molar-refractivity contribution is 6.10. The van der Waals surface area contributed by atoms with E-state index in [1.165, 1.54) is 0 Å². The molecule has 59 valence electrons. The Bertz CT molecular complexity index is 60.6. The predicted octanol–water partition coefficient (Wildman–Crippen LogP) is 1.29. The van der Waals surface area contributed by atoms with Gasteiger partial charge in [-0.05, 0) is 12.8 Å². The van der Waals surface area contributed by atoms with Crippen molar-refractivity contribution in [2.24, 2.45) is 0 Å². The lowest BCUT2D eigenvalue weighted by molar-refractivity contribution is -0.0878. The lowest BCUT2D eigenvalue weighted by atomic mass is 10.5. The van der Waals surface area contributed by atoms with Crippen LogP contribution in [0, 0.1) is 0 Å². The zero-order chi connectivity index (χ0) is 7.82. The molecule has 10 heavy (non-hydrogen) atoms. The molecular weight excluding hydrogens is 144 g/mol. The third-order valence-corrected chi connectivity index (χ3v) is 1.28. The van der Waals surface area contributed by atoms with E-state index in [9.17, 15) is 0 Å². The Hall–Kier alpha value is 0.137. The minimum atomic E-state index is -0.222. The molecule has 0 aliphatic rings. The molecule has 0 fully saturated rings. The average molecular weight is 159 g/mol. The molecule has 0 heterocycles. The van der Waals surface area contributed by atoms with E-state index in [4.69, 9.17) is 9.47 Å². The van der Waals surface area contributed by atoms with Crippen LogP contribution in [0.15, 0.2) is 0 Å². The second-order valence-electron chi connectivity index (χ2n) is 2.07. The van der Waals surface area contributed by atoms with Gasteiger partial charge in [0.2, 0.25) is 0 Å². The van der Waals surface area contributed by atoms with Gasteiger partial charge in [-0.1, -0.05) is 13.8 Å². The highest BCUT2D eigenvalue weighted by Crippen LogP contribution is 1.91. The zero-order valence-electron chi connectivity index (χ0n) is 6.72. The molecule has 2 nitrogen and oxygen atoms in total. The molecule has 0 aromatic heterocycles. The van der Waals surface area contributed by atoms with Crippen LogP contribution in [0.2, 0.25) is 0 Å². The molecule has 0 bridgehead atoms. The van der Waals surface area contributed by atoms with Gasteiger partial charge in [-0.15, -0.1) is 0 Å². The van der Waals surface area contributed by atoms with Crippen molar-refractivity contribution in [3.8, 4) is 0 Å². The van der Waals surface area contributed by atoms with E-state index in [0.29, 0.717) is 0 Å². The fourth-order valence-electron chi connectivity index (χ4n) is 0.498. The number of hydrogen-bond acceptors (Lipinski definition) is 2. The fraction of sp³-hybridized carbons (Fsp3) is 1.00. The maximum Gasteiger partial charge on any atom is 0.134 e. The average Bonchev–Trinajstić information content (AvgIpc) is 1.97. The monoisotopic (exact) mass is 159 g/mol. The Morgan fingerprint density at radius 1 is 1.10 bits per heavy atom. The van der Waals surface area contributed by atoms with Crippen LogP contribution in [0.3, 0.4) is 0 Å². The van der Waals surface area contributed by atoms with E-state index in [1.54, 1.807) is 0 Å². The smallest absolute Gasteiger partial charge is 0.134 e. The normalized spacial score (nSPS) is 10.8. The highest BCUT2D eigenvalue weighted by Gasteiger charge is 1.98. The second-order valence-corrected chi connectivity index (χ2v) is 2.54. The second kappa shape index (κ2) is 7.25. The molecule has 0 aliphatic carbocycles. The quantitative estimate of drug-likeness (QED) is 0.429. The van der Waals surface area contributed by atoms with Crippen molar-refractivity contribution in [1.29, 1.82) is 0 Å². The van der Waals surface area contributed by atoms with Gasteiger partial charge >= 0.3 is 0 Å². The largest absolute Gasteiger partial charge is 0.357 e. The number of ether oxygens (including phenoxy) is 2. The third kappa shape index (κ3) is 6.26. The molecule has 0 saturated carbocycles. The summed E-state index contributed by atoms with van der Waals surface area (Å²) < 4.78 is 10.4. The summed E-state index contributed by atoms with van der Waals surface area (Å²) in [6.07, 6.45) is 2.05. The van der Waals surface area contributed by atoms with Gasteiger partial charge in [0, 0.05) is 13.2 Å². The van der Waals surface area contributed by atoms with E-state index in [0.717, 1.165) is 26.1 Å². The van der Waals surface area contributed by atoms with Crippen LogP contribution in [0.4, 0.5) is 0 Å². The summed E-state index contributed by atoms with van der Waals surface area (Å²) in [5.41, 5.74) is 0.